The fourth-order valence-electron chi connectivity index (χ4n) is 3.62. The lowest BCUT2D eigenvalue weighted by Crippen LogP contribution is -2.59. The van der Waals surface area contributed by atoms with Gasteiger partial charge in [-0.1, -0.05) is 56.3 Å². The summed E-state index contributed by atoms with van der Waals surface area (Å²) in [6.07, 6.45) is -1.34. The molecule has 0 aromatic heterocycles. The lowest BCUT2D eigenvalue weighted by atomic mass is 10.0. The predicted octanol–water partition coefficient (Wildman–Crippen LogP) is 0.0805. The first-order chi connectivity index (χ1) is 17.9. The summed E-state index contributed by atoms with van der Waals surface area (Å²) in [6, 6.07) is 10.1. The summed E-state index contributed by atoms with van der Waals surface area (Å²) in [5, 5.41) is 36.3. The number of benzene rings is 2. The highest BCUT2D eigenvalue weighted by Gasteiger charge is 2.32. The van der Waals surface area contributed by atoms with E-state index < -0.39 is 54.0 Å². The molecule has 0 spiro atoms. The molecule has 5 atom stereocenters. The lowest BCUT2D eigenvalue weighted by Gasteiger charge is -2.26. The molecule has 2 aromatic carbocycles. The van der Waals surface area contributed by atoms with E-state index in [4.69, 9.17) is 5.73 Å². The number of carboxylic acids is 1. The van der Waals surface area contributed by atoms with Crippen LogP contribution in [0.3, 0.4) is 0 Å². The Morgan fingerprint density at radius 3 is 1.71 bits per heavy atom. The number of carboxylic acid groups (broad SMARTS) is 1. The highest BCUT2D eigenvalue weighted by Crippen LogP contribution is 2.13. The first-order valence-electron chi connectivity index (χ1n) is 12.3. The van der Waals surface area contributed by atoms with Crippen molar-refractivity contribution < 1.29 is 34.5 Å². The quantitative estimate of drug-likeness (QED) is 0.190. The largest absolute Gasteiger partial charge is 0.508 e. The summed E-state index contributed by atoms with van der Waals surface area (Å²) in [6.45, 7) is 4.77. The molecule has 0 bridgehead atoms. The minimum absolute atomic E-state index is 0.00552. The van der Waals surface area contributed by atoms with Crippen molar-refractivity contribution in [2.75, 3.05) is 0 Å². The lowest BCUT2D eigenvalue weighted by molar-refractivity contribution is -0.145. The fraction of sp³-hybridized carbons (Fsp3) is 0.407. The third kappa shape index (κ3) is 9.16. The van der Waals surface area contributed by atoms with Gasteiger partial charge in [0.15, 0.2) is 6.04 Å². The summed E-state index contributed by atoms with van der Waals surface area (Å²) >= 11 is 0. The van der Waals surface area contributed by atoms with Gasteiger partial charge < -0.3 is 37.0 Å². The zero-order chi connectivity index (χ0) is 28.4. The Hall–Kier alpha value is -3.96. The number of aliphatic carboxylic acids is 1. The second kappa shape index (κ2) is 14.1. The van der Waals surface area contributed by atoms with Crippen LogP contribution in [0, 0.1) is 5.92 Å². The Morgan fingerprint density at radius 2 is 1.24 bits per heavy atom. The van der Waals surface area contributed by atoms with Gasteiger partial charge in [0.05, 0.1) is 12.1 Å². The van der Waals surface area contributed by atoms with Crippen molar-refractivity contribution in [3.8, 4) is 5.75 Å². The zero-order valence-corrected chi connectivity index (χ0v) is 21.6. The number of hydrogen-bond acceptors (Lipinski definition) is 7. The number of carbonyl (C=O) groups is 4. The molecule has 0 saturated heterocycles. The summed E-state index contributed by atoms with van der Waals surface area (Å²) in [4.78, 5) is 50.8. The summed E-state index contributed by atoms with van der Waals surface area (Å²) in [5.41, 5.74) is 7.29. The Balaban J connectivity index is 2.33. The normalized spacial score (nSPS) is 15.0. The second-order valence-corrected chi connectivity index (χ2v) is 9.52. The Bertz CT molecular complexity index is 1090. The van der Waals surface area contributed by atoms with E-state index in [9.17, 15) is 34.5 Å². The summed E-state index contributed by atoms with van der Waals surface area (Å²) < 4.78 is 0. The predicted molar refractivity (Wildman–Crippen MR) is 140 cm³/mol. The van der Waals surface area contributed by atoms with Gasteiger partial charge in [0.2, 0.25) is 17.7 Å². The topological polar surface area (TPSA) is 191 Å². The fourth-order valence-corrected chi connectivity index (χ4v) is 3.62. The van der Waals surface area contributed by atoms with Crippen LogP contribution in [0.4, 0.5) is 0 Å². The van der Waals surface area contributed by atoms with E-state index in [2.05, 4.69) is 16.0 Å². The molecule has 0 aliphatic carbocycles. The van der Waals surface area contributed by atoms with E-state index in [-0.39, 0.29) is 24.5 Å². The zero-order valence-electron chi connectivity index (χ0n) is 21.6. The second-order valence-electron chi connectivity index (χ2n) is 9.52. The van der Waals surface area contributed by atoms with Crippen LogP contribution in [0.25, 0.3) is 0 Å². The van der Waals surface area contributed by atoms with Crippen LogP contribution < -0.4 is 21.7 Å². The maximum Gasteiger partial charge on any atom is 0.328 e. The third-order valence-corrected chi connectivity index (χ3v) is 5.99. The number of carbonyl (C=O) groups excluding carboxylic acids is 3. The smallest absolute Gasteiger partial charge is 0.328 e. The molecule has 5 unspecified atom stereocenters. The van der Waals surface area contributed by atoms with Crippen molar-refractivity contribution >= 4 is 23.7 Å². The Morgan fingerprint density at radius 1 is 0.763 bits per heavy atom. The van der Waals surface area contributed by atoms with Gasteiger partial charge in [-0.15, -0.1) is 0 Å². The molecular weight excluding hydrogens is 492 g/mol. The summed E-state index contributed by atoms with van der Waals surface area (Å²) in [5.74, 6) is -3.68. The molecule has 38 heavy (non-hydrogen) atoms. The van der Waals surface area contributed by atoms with Gasteiger partial charge in [0.25, 0.3) is 0 Å². The number of aromatic hydroxyl groups is 1. The molecule has 11 nitrogen and oxygen atoms in total. The number of nitrogens with one attached hydrogen (secondary N) is 3. The number of phenolic OH excluding ortho intramolecular Hbond substituents is 1. The van der Waals surface area contributed by atoms with E-state index in [1.807, 2.05) is 6.07 Å². The van der Waals surface area contributed by atoms with Gasteiger partial charge in [-0.2, -0.15) is 0 Å². The van der Waals surface area contributed by atoms with Crippen LogP contribution in [0.5, 0.6) is 5.75 Å². The van der Waals surface area contributed by atoms with Crippen molar-refractivity contribution in [3.63, 3.8) is 0 Å². The molecule has 0 saturated carbocycles. The minimum atomic E-state index is -1.61. The highest BCUT2D eigenvalue weighted by molar-refractivity contribution is 5.94. The van der Waals surface area contributed by atoms with E-state index in [0.29, 0.717) is 5.56 Å². The van der Waals surface area contributed by atoms with Crippen molar-refractivity contribution in [2.45, 2.75) is 63.9 Å². The number of aliphatic hydroxyl groups is 1. The van der Waals surface area contributed by atoms with Gasteiger partial charge in [-0.25, -0.2) is 4.79 Å². The summed E-state index contributed by atoms with van der Waals surface area (Å²) in [7, 11) is 0. The molecule has 11 heteroatoms. The average Bonchev–Trinajstić information content (AvgIpc) is 2.87. The van der Waals surface area contributed by atoms with Gasteiger partial charge in [0.1, 0.15) is 17.8 Å². The van der Waals surface area contributed by atoms with Gasteiger partial charge in [-0.3, -0.25) is 14.4 Å². The number of phenols is 1. The molecule has 0 fully saturated rings. The maximum absolute atomic E-state index is 13.4. The van der Waals surface area contributed by atoms with E-state index in [1.165, 1.54) is 19.1 Å². The number of rotatable bonds is 13. The van der Waals surface area contributed by atoms with Gasteiger partial charge in [0, 0.05) is 12.8 Å². The molecular formula is C27H36N4O7. The first kappa shape index (κ1) is 30.3. The molecule has 0 aliphatic rings. The number of aliphatic hydroxyl groups excluding tert-OH is 1. The SMILES string of the molecule is CC(C)C(N)C(=O)NC(Cc1ccccc1)C(=O)NC(Cc1ccc(O)cc1)C(=O)NC(C(=O)O)C(C)O. The molecule has 206 valence electrons. The van der Waals surface area contributed by atoms with Crippen molar-refractivity contribution in [1.82, 2.24) is 16.0 Å². The van der Waals surface area contributed by atoms with Crippen molar-refractivity contribution in [1.29, 1.82) is 0 Å². The van der Waals surface area contributed by atoms with Crippen LogP contribution >= 0.6 is 0 Å². The Labute approximate surface area is 221 Å². The number of hydrogen-bond donors (Lipinski definition) is 7. The van der Waals surface area contributed by atoms with Crippen LogP contribution in [0.1, 0.15) is 31.9 Å². The maximum atomic E-state index is 13.4. The standard InChI is InChI=1S/C27H36N4O7/c1-15(2)22(28)26(36)30-20(13-17-7-5-4-6-8-17)24(34)29-21(14-18-9-11-19(33)12-10-18)25(35)31-23(16(3)32)27(37)38/h4-12,15-16,20-23,32-33H,13-14,28H2,1-3H3,(H,29,34)(H,30,36)(H,31,35)(H,37,38). The monoisotopic (exact) mass is 528 g/mol. The average molecular weight is 529 g/mol. The minimum Gasteiger partial charge on any atom is -0.508 e. The molecule has 2 rings (SSSR count). The Kier molecular flexibility index (Phi) is 11.2. The van der Waals surface area contributed by atoms with Crippen LogP contribution in [0.2, 0.25) is 0 Å². The molecule has 0 aliphatic heterocycles. The van der Waals surface area contributed by atoms with Crippen LogP contribution in [0.15, 0.2) is 54.6 Å². The van der Waals surface area contributed by atoms with E-state index in [0.717, 1.165) is 5.56 Å². The van der Waals surface area contributed by atoms with Crippen LogP contribution in [-0.4, -0.2) is 69.3 Å². The molecule has 0 heterocycles. The number of amides is 3. The van der Waals surface area contributed by atoms with E-state index in [1.54, 1.807) is 50.2 Å². The molecule has 3 amide bonds. The van der Waals surface area contributed by atoms with Crippen molar-refractivity contribution in [3.05, 3.63) is 65.7 Å². The molecule has 0 radical (unpaired) electrons. The van der Waals surface area contributed by atoms with Crippen LogP contribution in [-0.2, 0) is 32.0 Å². The van der Waals surface area contributed by atoms with Crippen molar-refractivity contribution in [2.24, 2.45) is 11.7 Å². The molecule has 8 N–H and O–H groups in total. The number of nitrogens with two attached hydrogens (primary N) is 1. The first-order valence-corrected chi connectivity index (χ1v) is 12.3. The van der Waals surface area contributed by atoms with E-state index >= 15 is 0 Å². The van der Waals surface area contributed by atoms with Gasteiger partial charge in [-0.05, 0) is 36.1 Å². The molecule has 2 aromatic rings. The van der Waals surface area contributed by atoms with Gasteiger partial charge >= 0.3 is 5.97 Å². The highest BCUT2D eigenvalue weighted by atomic mass is 16.4. The third-order valence-electron chi connectivity index (χ3n) is 5.99.